The first-order chi connectivity index (χ1) is 16.6. The van der Waals surface area contributed by atoms with Gasteiger partial charge in [0.15, 0.2) is 0 Å². The van der Waals surface area contributed by atoms with Crippen LogP contribution in [0.2, 0.25) is 0 Å². The molecule has 0 aromatic heterocycles. The van der Waals surface area contributed by atoms with E-state index >= 15 is 0 Å². The van der Waals surface area contributed by atoms with Gasteiger partial charge in [0.2, 0.25) is 5.91 Å². The van der Waals surface area contributed by atoms with Gasteiger partial charge in [-0.05, 0) is 66.6 Å². The summed E-state index contributed by atoms with van der Waals surface area (Å²) in [7, 11) is 5.12. The summed E-state index contributed by atoms with van der Waals surface area (Å²) in [6.07, 6.45) is 13.6. The molecule has 0 bridgehead atoms. The fraction of sp³-hybridized carbons (Fsp3) is 0.500. The molecule has 0 saturated heterocycles. The normalized spacial score (nSPS) is 12.3. The average Bonchev–Trinajstić information content (AvgIpc) is 2.89. The lowest BCUT2D eigenvalue weighted by molar-refractivity contribution is -0.120. The van der Waals surface area contributed by atoms with Crippen LogP contribution in [0.15, 0.2) is 54.6 Å². The summed E-state index contributed by atoms with van der Waals surface area (Å²) < 4.78 is 10.7. The Kier molecular flexibility index (Phi) is 12.9. The molecule has 0 aliphatic heterocycles. The van der Waals surface area contributed by atoms with E-state index in [1.807, 2.05) is 12.1 Å². The summed E-state index contributed by atoms with van der Waals surface area (Å²) in [4.78, 5) is 11.3. The first-order valence-corrected chi connectivity index (χ1v) is 12.8. The van der Waals surface area contributed by atoms with Crippen molar-refractivity contribution in [3.63, 3.8) is 0 Å². The molecule has 2 aromatic rings. The van der Waals surface area contributed by atoms with Crippen LogP contribution in [0.3, 0.4) is 0 Å². The molecule has 0 spiro atoms. The van der Waals surface area contributed by atoms with Crippen LogP contribution in [0.5, 0.6) is 11.5 Å². The van der Waals surface area contributed by atoms with Gasteiger partial charge in [-0.2, -0.15) is 0 Å². The summed E-state index contributed by atoms with van der Waals surface area (Å²) in [5.41, 5.74) is 3.98. The van der Waals surface area contributed by atoms with Gasteiger partial charge in [0.1, 0.15) is 11.5 Å². The minimum atomic E-state index is 0.152. The molecule has 186 valence electrons. The van der Waals surface area contributed by atoms with Gasteiger partial charge in [0.05, 0.1) is 14.2 Å². The molecule has 2 rings (SSSR count). The van der Waals surface area contributed by atoms with Crippen LogP contribution in [0.4, 0.5) is 0 Å². The number of benzene rings is 2. The SMILES string of the molecule is CCC(/C(=C/CCCCCCCCCC(=O)NC)c1ccc(OC)cc1)c1ccc(OC)cc1. The lowest BCUT2D eigenvalue weighted by Gasteiger charge is -2.21. The molecule has 0 saturated carbocycles. The molecule has 4 heteroatoms. The van der Waals surface area contributed by atoms with Crippen LogP contribution in [-0.4, -0.2) is 27.2 Å². The van der Waals surface area contributed by atoms with Crippen LogP contribution in [0.1, 0.15) is 88.2 Å². The second kappa shape index (κ2) is 16.0. The van der Waals surface area contributed by atoms with Gasteiger partial charge >= 0.3 is 0 Å². The van der Waals surface area contributed by atoms with E-state index in [0.29, 0.717) is 12.3 Å². The molecule has 2 aromatic carbocycles. The third kappa shape index (κ3) is 9.24. The minimum absolute atomic E-state index is 0.152. The van der Waals surface area contributed by atoms with E-state index in [9.17, 15) is 4.79 Å². The van der Waals surface area contributed by atoms with Crippen molar-refractivity contribution in [2.45, 2.75) is 77.0 Å². The summed E-state index contributed by atoms with van der Waals surface area (Å²) >= 11 is 0. The standard InChI is InChI=1S/C30H43NO3/c1-5-28(24-16-20-26(33-3)21-17-24)29(25-18-22-27(34-4)23-19-25)14-12-10-8-6-7-9-11-13-15-30(32)31-2/h14,16-23,28H,5-13,15H2,1-4H3,(H,31,32)/b29-14+. The number of allylic oxidation sites excluding steroid dienone is 2. The van der Waals surface area contributed by atoms with Gasteiger partial charge in [0.25, 0.3) is 0 Å². The van der Waals surface area contributed by atoms with E-state index in [-0.39, 0.29) is 5.91 Å². The van der Waals surface area contributed by atoms with Gasteiger partial charge in [-0.15, -0.1) is 0 Å². The van der Waals surface area contributed by atoms with Crippen molar-refractivity contribution in [3.05, 3.63) is 65.7 Å². The number of rotatable bonds is 16. The molecule has 0 aliphatic carbocycles. The zero-order valence-corrected chi connectivity index (χ0v) is 21.6. The number of carbonyl (C=O) groups excluding carboxylic acids is 1. The first-order valence-electron chi connectivity index (χ1n) is 12.8. The molecule has 0 aliphatic rings. The fourth-order valence-corrected chi connectivity index (χ4v) is 4.41. The average molecular weight is 466 g/mol. The van der Waals surface area contributed by atoms with Crippen molar-refractivity contribution in [1.29, 1.82) is 0 Å². The Morgan fingerprint density at radius 1 is 0.824 bits per heavy atom. The largest absolute Gasteiger partial charge is 0.497 e. The molecule has 1 atom stereocenters. The van der Waals surface area contributed by atoms with Gasteiger partial charge in [-0.25, -0.2) is 0 Å². The van der Waals surface area contributed by atoms with Crippen LogP contribution >= 0.6 is 0 Å². The third-order valence-electron chi connectivity index (χ3n) is 6.48. The zero-order valence-electron chi connectivity index (χ0n) is 21.6. The Bertz CT molecular complexity index is 856. The molecule has 1 unspecified atom stereocenters. The van der Waals surface area contributed by atoms with Crippen LogP contribution in [0, 0.1) is 0 Å². The second-order valence-electron chi connectivity index (χ2n) is 8.81. The highest BCUT2D eigenvalue weighted by Crippen LogP contribution is 2.36. The fourth-order valence-electron chi connectivity index (χ4n) is 4.41. The molecule has 1 N–H and O–H groups in total. The summed E-state index contributed by atoms with van der Waals surface area (Å²) in [6.45, 7) is 2.26. The molecule has 0 heterocycles. The van der Waals surface area contributed by atoms with Crippen molar-refractivity contribution in [2.24, 2.45) is 0 Å². The maximum atomic E-state index is 11.3. The topological polar surface area (TPSA) is 47.6 Å². The predicted molar refractivity (Wildman–Crippen MR) is 143 cm³/mol. The van der Waals surface area contributed by atoms with Gasteiger partial charge in [-0.3, -0.25) is 4.79 Å². The number of unbranched alkanes of at least 4 members (excludes halogenated alkanes) is 7. The Balaban J connectivity index is 1.95. The number of methoxy groups -OCH3 is 2. The van der Waals surface area contributed by atoms with E-state index in [2.05, 4.69) is 54.7 Å². The van der Waals surface area contributed by atoms with Gasteiger partial charge in [-0.1, -0.05) is 69.4 Å². The minimum Gasteiger partial charge on any atom is -0.497 e. The molecular weight excluding hydrogens is 422 g/mol. The maximum Gasteiger partial charge on any atom is 0.219 e. The Hall–Kier alpha value is -2.75. The van der Waals surface area contributed by atoms with Gasteiger partial charge < -0.3 is 14.8 Å². The summed E-state index contributed by atoms with van der Waals surface area (Å²) in [6, 6.07) is 16.9. The molecule has 0 fully saturated rings. The van der Waals surface area contributed by atoms with Crippen LogP contribution in [0.25, 0.3) is 5.57 Å². The Labute approximate surface area is 206 Å². The van der Waals surface area contributed by atoms with E-state index < -0.39 is 0 Å². The van der Waals surface area contributed by atoms with Crippen molar-refractivity contribution in [1.82, 2.24) is 5.32 Å². The molecule has 0 radical (unpaired) electrons. The number of amides is 1. The summed E-state index contributed by atoms with van der Waals surface area (Å²) in [5, 5.41) is 2.69. The lowest BCUT2D eigenvalue weighted by Crippen LogP contribution is -2.16. The second-order valence-corrected chi connectivity index (χ2v) is 8.81. The van der Waals surface area contributed by atoms with E-state index in [1.165, 1.54) is 48.8 Å². The van der Waals surface area contributed by atoms with E-state index in [0.717, 1.165) is 37.2 Å². The van der Waals surface area contributed by atoms with E-state index in [1.54, 1.807) is 21.3 Å². The number of hydrogen-bond acceptors (Lipinski definition) is 3. The highest BCUT2D eigenvalue weighted by Gasteiger charge is 2.17. The van der Waals surface area contributed by atoms with Crippen molar-refractivity contribution in [3.8, 4) is 11.5 Å². The number of ether oxygens (including phenoxy) is 2. The quantitative estimate of drug-likeness (QED) is 0.261. The van der Waals surface area contributed by atoms with Gasteiger partial charge in [0, 0.05) is 19.4 Å². The predicted octanol–water partition coefficient (Wildman–Crippen LogP) is 7.54. The van der Waals surface area contributed by atoms with Crippen LogP contribution < -0.4 is 14.8 Å². The number of carbonyl (C=O) groups is 1. The Morgan fingerprint density at radius 3 is 1.88 bits per heavy atom. The molecule has 1 amide bonds. The zero-order chi connectivity index (χ0) is 24.6. The highest BCUT2D eigenvalue weighted by molar-refractivity contribution is 5.75. The van der Waals surface area contributed by atoms with Crippen molar-refractivity contribution < 1.29 is 14.3 Å². The van der Waals surface area contributed by atoms with E-state index in [4.69, 9.17) is 9.47 Å². The Morgan fingerprint density at radius 2 is 1.35 bits per heavy atom. The van der Waals surface area contributed by atoms with Crippen molar-refractivity contribution >= 4 is 11.5 Å². The monoisotopic (exact) mass is 465 g/mol. The summed E-state index contributed by atoms with van der Waals surface area (Å²) in [5.74, 6) is 2.28. The first kappa shape index (κ1) is 27.5. The number of hydrogen-bond donors (Lipinski definition) is 1. The highest BCUT2D eigenvalue weighted by atomic mass is 16.5. The van der Waals surface area contributed by atoms with Crippen molar-refractivity contribution in [2.75, 3.05) is 21.3 Å². The molecule has 4 nitrogen and oxygen atoms in total. The smallest absolute Gasteiger partial charge is 0.219 e. The molecular formula is C30H43NO3. The lowest BCUT2D eigenvalue weighted by atomic mass is 9.84. The maximum absolute atomic E-state index is 11.3. The molecule has 34 heavy (non-hydrogen) atoms. The third-order valence-corrected chi connectivity index (χ3v) is 6.48. The number of nitrogens with one attached hydrogen (secondary N) is 1. The van der Waals surface area contributed by atoms with Crippen LogP contribution in [-0.2, 0) is 4.79 Å².